The van der Waals surface area contributed by atoms with Crippen LogP contribution in [0.2, 0.25) is 0 Å². The number of aromatic amines is 1. The number of alkyl halides is 4. The lowest BCUT2D eigenvalue weighted by molar-refractivity contribution is 0.598. The number of nitrogens with zero attached hydrogens (tertiary/aromatic N) is 4. The third kappa shape index (κ3) is 3.97. The molecule has 0 saturated carbocycles. The van der Waals surface area contributed by atoms with Crippen LogP contribution >= 0.6 is 90.4 Å². The molecule has 35 heavy (non-hydrogen) atoms. The fourth-order valence-electron chi connectivity index (χ4n) is 4.69. The Bertz CT molecular complexity index is 1580. The highest BCUT2D eigenvalue weighted by molar-refractivity contribution is 14.1. The van der Waals surface area contributed by atoms with Crippen molar-refractivity contribution in [3.8, 4) is 0 Å². The predicted molar refractivity (Wildman–Crippen MR) is 177 cm³/mol. The molecular formula is C26H19I4N5. The van der Waals surface area contributed by atoms with Gasteiger partial charge >= 0.3 is 0 Å². The van der Waals surface area contributed by atoms with Crippen molar-refractivity contribution < 1.29 is 0 Å². The Morgan fingerprint density at radius 3 is 2.49 bits per heavy atom. The highest BCUT2D eigenvalue weighted by atomic mass is 127. The molecule has 3 aromatic heterocycles. The summed E-state index contributed by atoms with van der Waals surface area (Å²) in [7, 11) is 2.12. The molecule has 4 unspecified atom stereocenters. The zero-order valence-electron chi connectivity index (χ0n) is 18.5. The number of nitrogens with one attached hydrogen (secondary N) is 1. The monoisotopic (exact) mass is 909 g/mol. The van der Waals surface area contributed by atoms with E-state index in [1.165, 1.54) is 0 Å². The minimum atomic E-state index is -0.563. The molecule has 0 fully saturated rings. The van der Waals surface area contributed by atoms with E-state index in [0.29, 0.717) is 0 Å². The van der Waals surface area contributed by atoms with Crippen molar-refractivity contribution in [2.24, 2.45) is 17.0 Å². The van der Waals surface area contributed by atoms with Gasteiger partial charge in [0.15, 0.2) is 3.55 Å². The summed E-state index contributed by atoms with van der Waals surface area (Å²) in [6.45, 7) is 0. The maximum atomic E-state index is 5.40. The van der Waals surface area contributed by atoms with Gasteiger partial charge in [0, 0.05) is 35.3 Å². The Morgan fingerprint density at radius 1 is 0.914 bits per heavy atom. The van der Waals surface area contributed by atoms with Crippen LogP contribution in [0.5, 0.6) is 0 Å². The fraction of sp³-hybridized carbons (Fsp3) is 0.192. The molecule has 0 saturated heterocycles. The molecule has 3 aromatic rings. The van der Waals surface area contributed by atoms with Crippen molar-refractivity contribution in [2.45, 2.75) is 14.4 Å². The first-order valence-electron chi connectivity index (χ1n) is 11.0. The van der Waals surface area contributed by atoms with E-state index >= 15 is 0 Å². The number of allylic oxidation sites excluding steroid dienone is 2. The predicted octanol–water partition coefficient (Wildman–Crippen LogP) is 5.14. The van der Waals surface area contributed by atoms with Gasteiger partial charge in [0.25, 0.3) is 0 Å². The summed E-state index contributed by atoms with van der Waals surface area (Å²) in [5.74, 6) is 0. The van der Waals surface area contributed by atoms with Gasteiger partial charge in [0.2, 0.25) is 0 Å². The van der Waals surface area contributed by atoms with E-state index in [2.05, 4.69) is 180 Å². The van der Waals surface area contributed by atoms with Crippen molar-refractivity contribution in [1.82, 2.24) is 14.5 Å². The van der Waals surface area contributed by atoms with Gasteiger partial charge in [-0.2, -0.15) is 0 Å². The third-order valence-corrected chi connectivity index (χ3v) is 14.9. The van der Waals surface area contributed by atoms with E-state index in [1.807, 2.05) is 12.3 Å². The molecule has 0 aromatic carbocycles. The second kappa shape index (κ2) is 8.89. The van der Waals surface area contributed by atoms with Crippen LogP contribution in [0.1, 0.15) is 17.1 Å². The summed E-state index contributed by atoms with van der Waals surface area (Å²) in [5.41, 5.74) is 5.23. The first-order chi connectivity index (χ1) is 16.7. The number of H-pyrrole nitrogens is 1. The van der Waals surface area contributed by atoms with Gasteiger partial charge in [-0.25, -0.2) is 0 Å². The van der Waals surface area contributed by atoms with Crippen LogP contribution in [-0.2, 0) is 10.5 Å². The molecule has 4 atom stereocenters. The van der Waals surface area contributed by atoms with E-state index in [-0.39, 0.29) is 3.92 Å². The molecule has 0 spiro atoms. The minimum absolute atomic E-state index is 0.0736. The highest BCUT2D eigenvalue weighted by Gasteiger charge is 2.54. The van der Waals surface area contributed by atoms with Crippen molar-refractivity contribution in [1.29, 1.82) is 0 Å². The van der Waals surface area contributed by atoms with E-state index in [1.54, 1.807) is 0 Å². The first kappa shape index (κ1) is 24.5. The number of halogens is 4. The smallest absolute Gasteiger partial charge is 0.156 e. The number of hydrogen-bond acceptors (Lipinski definition) is 3. The lowest BCUT2D eigenvalue weighted by Crippen LogP contribution is -2.42. The SMILES string of the molecule is Cn1c2ccc1C(I)(c1ccccn1)C1(I)C=CC(=N1)C(I)C1(I)C=CC(=N1)C=c1ccc([nH]1)=C2. The van der Waals surface area contributed by atoms with Crippen molar-refractivity contribution in [2.75, 3.05) is 0 Å². The van der Waals surface area contributed by atoms with Crippen LogP contribution < -0.4 is 10.7 Å². The average molecular weight is 909 g/mol. The Morgan fingerprint density at radius 2 is 1.71 bits per heavy atom. The van der Waals surface area contributed by atoms with E-state index < -0.39 is 10.5 Å². The Hall–Kier alpha value is -0.810. The van der Waals surface area contributed by atoms with Gasteiger partial charge < -0.3 is 9.55 Å². The van der Waals surface area contributed by atoms with Crippen LogP contribution in [0.3, 0.4) is 0 Å². The maximum Gasteiger partial charge on any atom is 0.156 e. The molecule has 0 radical (unpaired) electrons. The molecule has 8 bridgehead atoms. The molecule has 6 heterocycles. The molecule has 6 rings (SSSR count). The largest absolute Gasteiger partial charge is 0.355 e. The Labute approximate surface area is 257 Å². The summed E-state index contributed by atoms with van der Waals surface area (Å²) < 4.78 is 0.837. The summed E-state index contributed by atoms with van der Waals surface area (Å²) in [4.78, 5) is 18.8. The normalized spacial score (nSPS) is 31.1. The zero-order chi connectivity index (χ0) is 24.4. The molecule has 0 aliphatic carbocycles. The number of aromatic nitrogens is 3. The molecule has 3 aliphatic heterocycles. The Balaban J connectivity index is 1.66. The number of rotatable bonds is 1. The highest BCUT2D eigenvalue weighted by Crippen LogP contribution is 2.55. The number of aliphatic imine (C=N–C) groups is 2. The zero-order valence-corrected chi connectivity index (χ0v) is 27.1. The maximum absolute atomic E-state index is 5.40. The van der Waals surface area contributed by atoms with E-state index in [9.17, 15) is 0 Å². The standard InChI is InChI=1S/C26H19I4N5/c1-35-19-7-8-22(35)26(30,21-4-2-3-13-31-21)25(29)12-10-20(34-25)23(27)24(28)11-9-18(33-24)14-16-5-6-17(15-19)32-16/h2-15,23,32H,1H3. The third-order valence-electron chi connectivity index (χ3n) is 6.52. The van der Waals surface area contributed by atoms with Crippen LogP contribution in [0.4, 0.5) is 0 Å². The summed E-state index contributed by atoms with van der Waals surface area (Å²) in [6, 6.07) is 14.7. The topological polar surface area (TPSA) is 58.3 Å². The summed E-state index contributed by atoms with van der Waals surface area (Å²) >= 11 is 10.0. The number of pyridine rings is 1. The molecule has 3 aliphatic rings. The van der Waals surface area contributed by atoms with Crippen molar-refractivity contribution in [3.05, 3.63) is 101 Å². The van der Waals surface area contributed by atoms with Gasteiger partial charge in [-0.15, -0.1) is 0 Å². The van der Waals surface area contributed by atoms with Gasteiger partial charge in [-0.05, 0) is 118 Å². The van der Waals surface area contributed by atoms with Crippen LogP contribution in [-0.4, -0.2) is 37.0 Å². The summed E-state index contributed by atoms with van der Waals surface area (Å²) in [6.07, 6.45) is 14.9. The molecule has 9 heteroatoms. The lowest BCUT2D eigenvalue weighted by Gasteiger charge is -2.38. The summed E-state index contributed by atoms with van der Waals surface area (Å²) in [5, 5.41) is 2.08. The quantitative estimate of drug-likeness (QED) is 0.206. The molecule has 0 amide bonds. The average Bonchev–Trinajstić information content (AvgIpc) is 3.63. The van der Waals surface area contributed by atoms with Gasteiger partial charge in [-0.3, -0.25) is 15.0 Å². The van der Waals surface area contributed by atoms with E-state index in [4.69, 9.17) is 15.0 Å². The van der Waals surface area contributed by atoms with Gasteiger partial charge in [0.1, 0.15) is 6.97 Å². The molecule has 176 valence electrons. The fourth-order valence-corrected chi connectivity index (χ4v) is 8.33. The number of fused-ring (bicyclic) bond motifs is 6. The van der Waals surface area contributed by atoms with Crippen molar-refractivity contribution >= 4 is 114 Å². The Kier molecular flexibility index (Phi) is 6.23. The van der Waals surface area contributed by atoms with E-state index in [0.717, 1.165) is 39.2 Å². The van der Waals surface area contributed by atoms with Crippen LogP contribution in [0, 0.1) is 0 Å². The van der Waals surface area contributed by atoms with Crippen molar-refractivity contribution in [3.63, 3.8) is 0 Å². The first-order valence-corrected chi connectivity index (χ1v) is 15.5. The van der Waals surface area contributed by atoms with Gasteiger partial charge in [-0.1, -0.05) is 51.2 Å². The molecule has 5 nitrogen and oxygen atoms in total. The second-order valence-electron chi connectivity index (χ2n) is 8.74. The van der Waals surface area contributed by atoms with Gasteiger partial charge in [0.05, 0.1) is 21.0 Å². The number of hydrogen-bond donors (Lipinski definition) is 1. The second-order valence-corrected chi connectivity index (χ2v) is 15.0. The lowest BCUT2D eigenvalue weighted by atomic mass is 9.92. The van der Waals surface area contributed by atoms with Crippen LogP contribution in [0.25, 0.3) is 12.2 Å². The van der Waals surface area contributed by atoms with Crippen LogP contribution in [0.15, 0.2) is 83.0 Å². The molecule has 1 N–H and O–H groups in total. The molecular weight excluding hydrogens is 890 g/mol. The minimum Gasteiger partial charge on any atom is -0.355 e.